The Bertz CT molecular complexity index is 937. The highest BCUT2D eigenvalue weighted by Gasteiger charge is 2.13. The number of hydrogen-bond acceptors (Lipinski definition) is 3. The second-order valence-electron chi connectivity index (χ2n) is 6.02. The summed E-state index contributed by atoms with van der Waals surface area (Å²) in [5, 5.41) is 0. The maximum absolute atomic E-state index is 12.4. The van der Waals surface area contributed by atoms with Crippen LogP contribution in [0.1, 0.15) is 22.3 Å². The molecule has 0 saturated heterocycles. The Hall–Kier alpha value is -2.66. The molecular formula is C20H20N2O2S. The molecule has 0 aliphatic carbocycles. The maximum Gasteiger partial charge on any atom is 0.236 e. The first-order chi connectivity index (χ1) is 12.0. The first-order valence-corrected chi connectivity index (χ1v) is 9.70. The lowest BCUT2D eigenvalue weighted by Crippen LogP contribution is -2.15. The molecule has 0 aliphatic heterocycles. The predicted octanol–water partition coefficient (Wildman–Crippen LogP) is 3.92. The van der Waals surface area contributed by atoms with Gasteiger partial charge in [0.1, 0.15) is 0 Å². The van der Waals surface area contributed by atoms with Crippen LogP contribution in [0.4, 0.5) is 5.69 Å². The average Bonchev–Trinajstić information content (AvgIpc) is 2.59. The number of anilines is 1. The van der Waals surface area contributed by atoms with Crippen molar-refractivity contribution in [3.63, 3.8) is 0 Å². The monoisotopic (exact) mass is 352 g/mol. The van der Waals surface area contributed by atoms with Crippen molar-refractivity contribution in [2.75, 3.05) is 4.72 Å². The summed E-state index contributed by atoms with van der Waals surface area (Å²) in [7, 11) is -3.44. The van der Waals surface area contributed by atoms with Crippen molar-refractivity contribution in [3.8, 4) is 0 Å². The highest BCUT2D eigenvalue weighted by atomic mass is 32.2. The fraction of sp³-hybridized carbons (Fsp3) is 0.150. The SMILES string of the molecule is Cc1ccccc1CS(=O)(=O)Nc1ccc(Cc2ccncc2)cc1. The second-order valence-corrected chi connectivity index (χ2v) is 7.74. The zero-order valence-electron chi connectivity index (χ0n) is 14.0. The number of sulfonamides is 1. The molecule has 0 fully saturated rings. The first kappa shape index (κ1) is 17.2. The number of aryl methyl sites for hydroxylation is 1. The fourth-order valence-electron chi connectivity index (χ4n) is 2.62. The van der Waals surface area contributed by atoms with Crippen LogP contribution in [0.25, 0.3) is 0 Å². The van der Waals surface area contributed by atoms with E-state index in [0.717, 1.165) is 23.1 Å². The summed E-state index contributed by atoms with van der Waals surface area (Å²) in [6.07, 6.45) is 4.32. The lowest BCUT2D eigenvalue weighted by molar-refractivity contribution is 0.600. The molecule has 25 heavy (non-hydrogen) atoms. The Kier molecular flexibility index (Phi) is 5.14. The Morgan fingerprint density at radius 3 is 2.20 bits per heavy atom. The van der Waals surface area contributed by atoms with Crippen molar-refractivity contribution in [1.82, 2.24) is 4.98 Å². The van der Waals surface area contributed by atoms with Crippen molar-refractivity contribution in [2.45, 2.75) is 19.1 Å². The Labute approximate surface area is 148 Å². The van der Waals surface area contributed by atoms with Gasteiger partial charge in [-0.25, -0.2) is 8.42 Å². The minimum Gasteiger partial charge on any atom is -0.283 e. The zero-order valence-corrected chi connectivity index (χ0v) is 14.8. The number of benzene rings is 2. The molecule has 0 amide bonds. The number of aromatic nitrogens is 1. The molecule has 0 spiro atoms. The summed E-state index contributed by atoms with van der Waals surface area (Å²) in [4.78, 5) is 4.01. The molecule has 0 radical (unpaired) electrons. The van der Waals surface area contributed by atoms with Crippen molar-refractivity contribution >= 4 is 15.7 Å². The normalized spacial score (nSPS) is 11.2. The van der Waals surface area contributed by atoms with Crippen LogP contribution < -0.4 is 4.72 Å². The van der Waals surface area contributed by atoms with Gasteiger partial charge in [0.25, 0.3) is 0 Å². The van der Waals surface area contributed by atoms with Gasteiger partial charge in [-0.05, 0) is 59.9 Å². The Morgan fingerprint density at radius 1 is 0.880 bits per heavy atom. The van der Waals surface area contributed by atoms with E-state index >= 15 is 0 Å². The van der Waals surface area contributed by atoms with Crippen molar-refractivity contribution in [2.24, 2.45) is 0 Å². The van der Waals surface area contributed by atoms with E-state index in [1.54, 1.807) is 24.5 Å². The van der Waals surface area contributed by atoms with Gasteiger partial charge < -0.3 is 0 Å². The molecule has 3 aromatic rings. The van der Waals surface area contributed by atoms with E-state index in [1.165, 1.54) is 5.56 Å². The molecule has 1 N–H and O–H groups in total. The van der Waals surface area contributed by atoms with Crippen LogP contribution in [0.5, 0.6) is 0 Å². The minimum atomic E-state index is -3.44. The van der Waals surface area contributed by atoms with E-state index in [2.05, 4.69) is 9.71 Å². The zero-order chi connectivity index (χ0) is 17.7. The molecule has 2 aromatic carbocycles. The van der Waals surface area contributed by atoms with Gasteiger partial charge in [0, 0.05) is 18.1 Å². The van der Waals surface area contributed by atoms with Crippen LogP contribution in [0.2, 0.25) is 0 Å². The van der Waals surface area contributed by atoms with E-state index in [9.17, 15) is 8.42 Å². The summed E-state index contributed by atoms with van der Waals surface area (Å²) in [6.45, 7) is 1.92. The highest BCUT2D eigenvalue weighted by molar-refractivity contribution is 7.91. The summed E-state index contributed by atoms with van der Waals surface area (Å²) >= 11 is 0. The smallest absolute Gasteiger partial charge is 0.236 e. The minimum absolute atomic E-state index is 0.0293. The van der Waals surface area contributed by atoms with Crippen LogP contribution in [0.15, 0.2) is 73.1 Å². The highest BCUT2D eigenvalue weighted by Crippen LogP contribution is 2.17. The third-order valence-corrected chi connectivity index (χ3v) is 5.23. The molecule has 0 atom stereocenters. The Balaban J connectivity index is 1.67. The number of rotatable bonds is 6. The first-order valence-electron chi connectivity index (χ1n) is 8.05. The van der Waals surface area contributed by atoms with Crippen LogP contribution in [-0.2, 0) is 22.2 Å². The maximum atomic E-state index is 12.4. The summed E-state index contributed by atoms with van der Waals surface area (Å²) in [5.41, 5.74) is 4.65. The lowest BCUT2D eigenvalue weighted by Gasteiger charge is -2.10. The van der Waals surface area contributed by atoms with Gasteiger partial charge in [-0.3, -0.25) is 9.71 Å². The topological polar surface area (TPSA) is 59.1 Å². The molecule has 128 valence electrons. The Morgan fingerprint density at radius 2 is 1.52 bits per heavy atom. The van der Waals surface area contributed by atoms with Gasteiger partial charge >= 0.3 is 0 Å². The van der Waals surface area contributed by atoms with Gasteiger partial charge in [0.2, 0.25) is 10.0 Å². The van der Waals surface area contributed by atoms with Gasteiger partial charge in [-0.15, -0.1) is 0 Å². The van der Waals surface area contributed by atoms with E-state index in [4.69, 9.17) is 0 Å². The summed E-state index contributed by atoms with van der Waals surface area (Å²) in [5.74, 6) is -0.0293. The lowest BCUT2D eigenvalue weighted by atomic mass is 10.1. The standard InChI is InChI=1S/C20H20N2O2S/c1-16-4-2-3-5-19(16)15-25(23,24)22-20-8-6-17(7-9-20)14-18-10-12-21-13-11-18/h2-13,22H,14-15H2,1H3. The molecule has 5 heteroatoms. The van der Waals surface area contributed by atoms with Gasteiger partial charge in [-0.2, -0.15) is 0 Å². The van der Waals surface area contributed by atoms with Gasteiger partial charge in [0.15, 0.2) is 0 Å². The molecule has 0 unspecified atom stereocenters. The summed E-state index contributed by atoms with van der Waals surface area (Å²) < 4.78 is 27.4. The third kappa shape index (κ3) is 4.90. The van der Waals surface area contributed by atoms with Crippen LogP contribution in [0.3, 0.4) is 0 Å². The quantitative estimate of drug-likeness (QED) is 0.731. The van der Waals surface area contributed by atoms with Crippen LogP contribution >= 0.6 is 0 Å². The largest absolute Gasteiger partial charge is 0.283 e. The number of pyridine rings is 1. The van der Waals surface area contributed by atoms with E-state index in [0.29, 0.717) is 5.69 Å². The molecule has 1 heterocycles. The molecule has 0 bridgehead atoms. The molecule has 4 nitrogen and oxygen atoms in total. The van der Waals surface area contributed by atoms with Crippen molar-refractivity contribution in [1.29, 1.82) is 0 Å². The van der Waals surface area contributed by atoms with Crippen LogP contribution in [-0.4, -0.2) is 13.4 Å². The number of hydrogen-bond donors (Lipinski definition) is 1. The molecule has 0 saturated carbocycles. The average molecular weight is 352 g/mol. The van der Waals surface area contributed by atoms with E-state index in [-0.39, 0.29) is 5.75 Å². The molecule has 0 aliphatic rings. The number of nitrogens with one attached hydrogen (secondary N) is 1. The molecule has 3 rings (SSSR count). The van der Waals surface area contributed by atoms with E-state index < -0.39 is 10.0 Å². The van der Waals surface area contributed by atoms with Crippen molar-refractivity contribution in [3.05, 3.63) is 95.3 Å². The number of nitrogens with zero attached hydrogens (tertiary/aromatic N) is 1. The molecular weight excluding hydrogens is 332 g/mol. The van der Waals surface area contributed by atoms with Gasteiger partial charge in [0.05, 0.1) is 5.75 Å². The summed E-state index contributed by atoms with van der Waals surface area (Å²) in [6, 6.07) is 18.9. The molecule has 1 aromatic heterocycles. The second kappa shape index (κ2) is 7.49. The van der Waals surface area contributed by atoms with Gasteiger partial charge in [-0.1, -0.05) is 36.4 Å². The third-order valence-electron chi connectivity index (χ3n) is 3.99. The van der Waals surface area contributed by atoms with Crippen molar-refractivity contribution < 1.29 is 8.42 Å². The fourth-order valence-corrected chi connectivity index (χ4v) is 3.92. The van der Waals surface area contributed by atoms with E-state index in [1.807, 2.05) is 55.5 Å². The van der Waals surface area contributed by atoms with Crippen LogP contribution in [0, 0.1) is 6.92 Å². The predicted molar refractivity (Wildman–Crippen MR) is 101 cm³/mol.